The molecule has 0 aliphatic rings. The molecule has 0 unspecified atom stereocenters. The van der Waals surface area contributed by atoms with Gasteiger partial charge >= 0.3 is 0 Å². The third-order valence-corrected chi connectivity index (χ3v) is 2.59. The molecule has 0 aromatic carbocycles. The molecule has 9 heteroatoms. The molecule has 0 aliphatic heterocycles. The molecule has 0 bridgehead atoms. The summed E-state index contributed by atoms with van der Waals surface area (Å²) in [5.74, 6) is 0. The standard InChI is InChI=1S/C7H6F2N4O2S/c8-6(9)4-2-13-7(16(12,14)15)5(11)3(4)1-10/h2,6H,11H2,(H2,12,14,15). The number of halogens is 2. The summed E-state index contributed by atoms with van der Waals surface area (Å²) >= 11 is 0. The number of nitrogens with two attached hydrogens (primary N) is 2. The van der Waals surface area contributed by atoms with Gasteiger partial charge in [0.25, 0.3) is 16.4 Å². The number of pyridine rings is 1. The van der Waals surface area contributed by atoms with Crippen LogP contribution in [0.2, 0.25) is 0 Å². The Bertz CT molecular complexity index is 564. The minimum atomic E-state index is -4.24. The minimum Gasteiger partial charge on any atom is -0.395 e. The Labute approximate surface area is 89.5 Å². The van der Waals surface area contributed by atoms with Crippen LogP contribution in [-0.4, -0.2) is 13.4 Å². The number of anilines is 1. The predicted molar refractivity (Wildman–Crippen MR) is 49.7 cm³/mol. The second kappa shape index (κ2) is 3.99. The lowest BCUT2D eigenvalue weighted by Crippen LogP contribution is -2.17. The highest BCUT2D eigenvalue weighted by atomic mass is 32.2. The van der Waals surface area contributed by atoms with Crippen LogP contribution in [0.1, 0.15) is 17.6 Å². The third-order valence-electron chi connectivity index (χ3n) is 1.73. The van der Waals surface area contributed by atoms with Gasteiger partial charge in [-0.15, -0.1) is 0 Å². The summed E-state index contributed by atoms with van der Waals surface area (Å²) in [6.45, 7) is 0. The summed E-state index contributed by atoms with van der Waals surface area (Å²) in [7, 11) is -4.24. The second-order valence-electron chi connectivity index (χ2n) is 2.76. The van der Waals surface area contributed by atoms with Crippen LogP contribution < -0.4 is 10.9 Å². The fourth-order valence-corrected chi connectivity index (χ4v) is 1.65. The molecule has 6 nitrogen and oxygen atoms in total. The van der Waals surface area contributed by atoms with Gasteiger partial charge in [0, 0.05) is 6.20 Å². The number of nitriles is 1. The first-order valence-corrected chi connectivity index (χ1v) is 5.33. The maximum Gasteiger partial charge on any atom is 0.266 e. The third kappa shape index (κ3) is 2.07. The van der Waals surface area contributed by atoms with E-state index in [4.69, 9.17) is 16.1 Å². The lowest BCUT2D eigenvalue weighted by Gasteiger charge is -2.07. The molecule has 0 spiro atoms. The Balaban J connectivity index is 3.61. The number of sulfonamides is 1. The zero-order chi connectivity index (χ0) is 12.5. The second-order valence-corrected chi connectivity index (χ2v) is 4.24. The van der Waals surface area contributed by atoms with E-state index in [1.165, 1.54) is 6.07 Å². The molecule has 86 valence electrons. The first-order chi connectivity index (χ1) is 7.29. The number of alkyl halides is 2. The SMILES string of the molecule is N#Cc1c(C(F)F)cnc(S(N)(=O)=O)c1N. The van der Waals surface area contributed by atoms with Crippen LogP contribution in [0.25, 0.3) is 0 Å². The number of nitrogen functional groups attached to an aromatic ring is 1. The van der Waals surface area contributed by atoms with Crippen molar-refractivity contribution >= 4 is 15.7 Å². The van der Waals surface area contributed by atoms with E-state index in [1.807, 2.05) is 0 Å². The van der Waals surface area contributed by atoms with Crippen LogP contribution in [0.5, 0.6) is 0 Å². The zero-order valence-electron chi connectivity index (χ0n) is 7.68. The van der Waals surface area contributed by atoms with E-state index in [-0.39, 0.29) is 0 Å². The Morgan fingerprint density at radius 3 is 2.44 bits per heavy atom. The van der Waals surface area contributed by atoms with Gasteiger partial charge in [0.1, 0.15) is 6.07 Å². The Hall–Kier alpha value is -1.79. The molecule has 1 rings (SSSR count). The fraction of sp³-hybridized carbons (Fsp3) is 0.143. The van der Waals surface area contributed by atoms with Crippen molar-refractivity contribution < 1.29 is 17.2 Å². The van der Waals surface area contributed by atoms with Crippen molar-refractivity contribution in [2.45, 2.75) is 11.5 Å². The monoisotopic (exact) mass is 248 g/mol. The van der Waals surface area contributed by atoms with E-state index in [0.29, 0.717) is 6.20 Å². The average Bonchev–Trinajstić information content (AvgIpc) is 2.14. The number of aromatic nitrogens is 1. The molecular weight excluding hydrogens is 242 g/mol. The summed E-state index contributed by atoms with van der Waals surface area (Å²) < 4.78 is 46.7. The number of hydrogen-bond donors (Lipinski definition) is 2. The van der Waals surface area contributed by atoms with Crippen molar-refractivity contribution in [3.63, 3.8) is 0 Å². The van der Waals surface area contributed by atoms with Crippen LogP contribution in [0.15, 0.2) is 11.2 Å². The average molecular weight is 248 g/mol. The maximum atomic E-state index is 12.4. The zero-order valence-corrected chi connectivity index (χ0v) is 8.50. The van der Waals surface area contributed by atoms with E-state index < -0.39 is 38.3 Å². The van der Waals surface area contributed by atoms with E-state index in [0.717, 1.165) is 0 Å². The number of rotatable bonds is 2. The van der Waals surface area contributed by atoms with Gasteiger partial charge in [-0.2, -0.15) is 5.26 Å². The lowest BCUT2D eigenvalue weighted by molar-refractivity contribution is 0.150. The van der Waals surface area contributed by atoms with Gasteiger partial charge in [0.15, 0.2) is 5.03 Å². The van der Waals surface area contributed by atoms with Gasteiger partial charge in [-0.05, 0) is 0 Å². The smallest absolute Gasteiger partial charge is 0.266 e. The fourth-order valence-electron chi connectivity index (χ4n) is 1.04. The summed E-state index contributed by atoms with van der Waals surface area (Å²) in [6.07, 6.45) is -2.40. The van der Waals surface area contributed by atoms with Crippen molar-refractivity contribution in [3.8, 4) is 6.07 Å². The molecule has 0 aliphatic carbocycles. The Kier molecular flexibility index (Phi) is 3.06. The lowest BCUT2D eigenvalue weighted by atomic mass is 10.1. The molecule has 0 amide bonds. The van der Waals surface area contributed by atoms with Gasteiger partial charge in [0.2, 0.25) is 0 Å². The molecule has 4 N–H and O–H groups in total. The predicted octanol–water partition coefficient (Wildman–Crippen LogP) is 0.120. The molecular formula is C7H6F2N4O2S. The van der Waals surface area contributed by atoms with Crippen molar-refractivity contribution in [1.29, 1.82) is 5.26 Å². The van der Waals surface area contributed by atoms with Crippen molar-refractivity contribution in [2.75, 3.05) is 5.73 Å². The number of nitrogens with zero attached hydrogens (tertiary/aromatic N) is 2. The van der Waals surface area contributed by atoms with Crippen LogP contribution in [0.4, 0.5) is 14.5 Å². The minimum absolute atomic E-state index is 0.569. The number of primary sulfonamides is 1. The van der Waals surface area contributed by atoms with Gasteiger partial charge in [0.05, 0.1) is 16.8 Å². The summed E-state index contributed by atoms with van der Waals surface area (Å²) in [5, 5.41) is 12.6. The van der Waals surface area contributed by atoms with Crippen LogP contribution in [0, 0.1) is 11.3 Å². The van der Waals surface area contributed by atoms with Crippen LogP contribution in [-0.2, 0) is 10.0 Å². The van der Waals surface area contributed by atoms with Crippen molar-refractivity contribution in [1.82, 2.24) is 4.98 Å². The van der Waals surface area contributed by atoms with Gasteiger partial charge in [-0.1, -0.05) is 0 Å². The summed E-state index contributed by atoms with van der Waals surface area (Å²) in [6, 6.07) is 1.39. The van der Waals surface area contributed by atoms with Gasteiger partial charge < -0.3 is 5.73 Å². The van der Waals surface area contributed by atoms with Gasteiger partial charge in [-0.3, -0.25) is 0 Å². The van der Waals surface area contributed by atoms with E-state index >= 15 is 0 Å². The molecule has 0 fully saturated rings. The normalized spacial score (nSPS) is 11.4. The van der Waals surface area contributed by atoms with Crippen LogP contribution >= 0.6 is 0 Å². The van der Waals surface area contributed by atoms with E-state index in [2.05, 4.69) is 4.98 Å². The summed E-state index contributed by atoms with van der Waals surface area (Å²) in [5.41, 5.74) is 3.22. The topological polar surface area (TPSA) is 123 Å². The largest absolute Gasteiger partial charge is 0.395 e. The highest BCUT2D eigenvalue weighted by Crippen LogP contribution is 2.28. The molecule has 0 saturated carbocycles. The Morgan fingerprint density at radius 2 is 2.06 bits per heavy atom. The molecule has 16 heavy (non-hydrogen) atoms. The maximum absolute atomic E-state index is 12.4. The Morgan fingerprint density at radius 1 is 1.50 bits per heavy atom. The molecule has 1 aromatic heterocycles. The molecule has 1 heterocycles. The summed E-state index contributed by atoms with van der Waals surface area (Å²) in [4.78, 5) is 3.21. The number of hydrogen-bond acceptors (Lipinski definition) is 5. The van der Waals surface area contributed by atoms with Gasteiger partial charge in [-0.25, -0.2) is 27.3 Å². The van der Waals surface area contributed by atoms with Crippen molar-refractivity contribution in [2.24, 2.45) is 5.14 Å². The molecule has 0 atom stereocenters. The quantitative estimate of drug-likeness (QED) is 0.769. The van der Waals surface area contributed by atoms with E-state index in [1.54, 1.807) is 0 Å². The molecule has 0 saturated heterocycles. The molecule has 1 aromatic rings. The first-order valence-electron chi connectivity index (χ1n) is 3.78. The van der Waals surface area contributed by atoms with E-state index in [9.17, 15) is 17.2 Å². The highest BCUT2D eigenvalue weighted by molar-refractivity contribution is 7.89. The molecule has 0 radical (unpaired) electrons. The van der Waals surface area contributed by atoms with Crippen LogP contribution in [0.3, 0.4) is 0 Å². The van der Waals surface area contributed by atoms with Crippen molar-refractivity contribution in [3.05, 3.63) is 17.3 Å². The highest BCUT2D eigenvalue weighted by Gasteiger charge is 2.23. The first kappa shape index (κ1) is 12.3.